The van der Waals surface area contributed by atoms with Gasteiger partial charge in [0.15, 0.2) is 5.82 Å². The van der Waals surface area contributed by atoms with E-state index < -0.39 is 0 Å². The lowest BCUT2D eigenvalue weighted by Gasteiger charge is -2.16. The van der Waals surface area contributed by atoms with Crippen LogP contribution in [0.1, 0.15) is 28.3 Å². The fraction of sp³-hybridized carbons (Fsp3) is 0.250. The molecule has 0 fully saturated rings. The molecule has 3 aromatic rings. The summed E-state index contributed by atoms with van der Waals surface area (Å²) >= 11 is 8.10. The third-order valence-corrected chi connectivity index (χ3v) is 4.84. The van der Waals surface area contributed by atoms with Gasteiger partial charge in [-0.3, -0.25) is 4.57 Å². The Morgan fingerprint density at radius 3 is 2.48 bits per heavy atom. The molecule has 0 aliphatic carbocycles. The lowest BCUT2D eigenvalue weighted by atomic mass is 10.1. The molecule has 1 atom stereocenters. The highest BCUT2D eigenvalue weighted by Gasteiger charge is 2.21. The molecule has 1 unspecified atom stereocenters. The number of aryl methyl sites for hydroxylation is 2. The SMILES string of the molecule is Cc1cc(C(C)n2c(Cl)nnc2-c2ccccc2)c(C)s1. The van der Waals surface area contributed by atoms with E-state index in [0.717, 1.165) is 11.4 Å². The van der Waals surface area contributed by atoms with Gasteiger partial charge in [-0.15, -0.1) is 21.5 Å². The van der Waals surface area contributed by atoms with Gasteiger partial charge in [0.2, 0.25) is 5.28 Å². The summed E-state index contributed by atoms with van der Waals surface area (Å²) in [7, 11) is 0. The van der Waals surface area contributed by atoms with Gasteiger partial charge in [0.1, 0.15) is 0 Å². The van der Waals surface area contributed by atoms with E-state index in [9.17, 15) is 0 Å². The van der Waals surface area contributed by atoms with Crippen molar-refractivity contribution in [1.29, 1.82) is 0 Å². The topological polar surface area (TPSA) is 30.7 Å². The van der Waals surface area contributed by atoms with Gasteiger partial charge in [0.05, 0.1) is 6.04 Å². The molecule has 2 aromatic heterocycles. The molecule has 0 saturated carbocycles. The second-order valence-corrected chi connectivity index (χ2v) is 6.87. The number of hydrogen-bond donors (Lipinski definition) is 0. The van der Waals surface area contributed by atoms with Crippen LogP contribution < -0.4 is 0 Å². The predicted octanol–water partition coefficient (Wildman–Crippen LogP) is 4.89. The highest BCUT2D eigenvalue weighted by Crippen LogP contribution is 2.33. The van der Waals surface area contributed by atoms with E-state index in [-0.39, 0.29) is 6.04 Å². The number of halogens is 1. The maximum Gasteiger partial charge on any atom is 0.225 e. The molecule has 0 aliphatic heterocycles. The Morgan fingerprint density at radius 2 is 1.86 bits per heavy atom. The molecule has 0 spiro atoms. The Morgan fingerprint density at radius 1 is 1.14 bits per heavy atom. The number of thiophene rings is 1. The highest BCUT2D eigenvalue weighted by molar-refractivity contribution is 7.12. The molecule has 0 bridgehead atoms. The smallest absolute Gasteiger partial charge is 0.225 e. The molecule has 1 aromatic carbocycles. The number of aromatic nitrogens is 3. The third-order valence-electron chi connectivity index (χ3n) is 3.60. The van der Waals surface area contributed by atoms with Crippen molar-refractivity contribution in [2.75, 3.05) is 0 Å². The van der Waals surface area contributed by atoms with Gasteiger partial charge in [-0.25, -0.2) is 0 Å². The van der Waals surface area contributed by atoms with Crippen LogP contribution >= 0.6 is 22.9 Å². The van der Waals surface area contributed by atoms with E-state index in [1.807, 2.05) is 34.9 Å². The Hall–Kier alpha value is -1.65. The standard InChI is InChI=1S/C16H16ClN3S/c1-10-9-14(12(3)21-10)11(2)20-15(18-19-16(20)17)13-7-5-4-6-8-13/h4-9,11H,1-3H3. The lowest BCUT2D eigenvalue weighted by Crippen LogP contribution is -2.09. The van der Waals surface area contributed by atoms with E-state index in [2.05, 4.69) is 37.0 Å². The number of nitrogens with zero attached hydrogens (tertiary/aromatic N) is 3. The minimum atomic E-state index is 0.104. The van der Waals surface area contributed by atoms with Crippen LogP contribution in [0.3, 0.4) is 0 Å². The normalized spacial score (nSPS) is 12.6. The summed E-state index contributed by atoms with van der Waals surface area (Å²) in [6.45, 7) is 6.40. The van der Waals surface area contributed by atoms with Gasteiger partial charge in [-0.2, -0.15) is 0 Å². The van der Waals surface area contributed by atoms with Gasteiger partial charge in [-0.1, -0.05) is 30.3 Å². The zero-order chi connectivity index (χ0) is 15.0. The predicted molar refractivity (Wildman–Crippen MR) is 88.1 cm³/mol. The van der Waals surface area contributed by atoms with Crippen LogP contribution in [0.25, 0.3) is 11.4 Å². The molecule has 108 valence electrons. The molecule has 3 nitrogen and oxygen atoms in total. The molecule has 0 radical (unpaired) electrons. The Kier molecular flexibility index (Phi) is 3.83. The molecule has 0 aliphatic rings. The molecular weight excluding hydrogens is 302 g/mol. The van der Waals surface area contributed by atoms with Crippen LogP contribution in [-0.4, -0.2) is 14.8 Å². The second-order valence-electron chi connectivity index (χ2n) is 5.07. The monoisotopic (exact) mass is 317 g/mol. The maximum atomic E-state index is 6.29. The van der Waals surface area contributed by atoms with Crippen molar-refractivity contribution < 1.29 is 0 Å². The van der Waals surface area contributed by atoms with Gasteiger partial charge in [0, 0.05) is 15.3 Å². The van der Waals surface area contributed by atoms with Crippen LogP contribution in [0.4, 0.5) is 0 Å². The molecule has 0 saturated heterocycles. The van der Waals surface area contributed by atoms with E-state index >= 15 is 0 Å². The summed E-state index contributed by atoms with van der Waals surface area (Å²) in [6.07, 6.45) is 0. The lowest BCUT2D eigenvalue weighted by molar-refractivity contribution is 0.643. The number of hydrogen-bond acceptors (Lipinski definition) is 3. The Labute approximate surface area is 133 Å². The summed E-state index contributed by atoms with van der Waals surface area (Å²) in [6, 6.07) is 12.3. The van der Waals surface area contributed by atoms with Crippen molar-refractivity contribution in [3.63, 3.8) is 0 Å². The van der Waals surface area contributed by atoms with Gasteiger partial charge in [-0.05, 0) is 44.0 Å². The largest absolute Gasteiger partial charge is 0.290 e. The van der Waals surface area contributed by atoms with Crippen LogP contribution in [0.5, 0.6) is 0 Å². The van der Waals surface area contributed by atoms with Crippen molar-refractivity contribution in [2.45, 2.75) is 26.8 Å². The minimum Gasteiger partial charge on any atom is -0.290 e. The van der Waals surface area contributed by atoms with Crippen molar-refractivity contribution in [1.82, 2.24) is 14.8 Å². The molecule has 2 heterocycles. The van der Waals surface area contributed by atoms with Crippen LogP contribution in [-0.2, 0) is 0 Å². The second kappa shape index (κ2) is 5.62. The first-order valence-electron chi connectivity index (χ1n) is 6.80. The van der Waals surface area contributed by atoms with E-state index in [4.69, 9.17) is 11.6 Å². The average Bonchev–Trinajstić information content (AvgIpc) is 3.02. The third kappa shape index (κ3) is 2.61. The van der Waals surface area contributed by atoms with E-state index in [1.165, 1.54) is 15.3 Å². The molecule has 5 heteroatoms. The highest BCUT2D eigenvalue weighted by atomic mass is 35.5. The van der Waals surface area contributed by atoms with Crippen molar-refractivity contribution in [3.8, 4) is 11.4 Å². The summed E-state index contributed by atoms with van der Waals surface area (Å²) in [5.74, 6) is 0.802. The minimum absolute atomic E-state index is 0.104. The van der Waals surface area contributed by atoms with Gasteiger partial charge < -0.3 is 0 Å². The molecule has 0 amide bonds. The summed E-state index contributed by atoms with van der Waals surface area (Å²) < 4.78 is 1.99. The van der Waals surface area contributed by atoms with Gasteiger partial charge in [0.25, 0.3) is 0 Å². The van der Waals surface area contributed by atoms with E-state index in [0.29, 0.717) is 5.28 Å². The molecule has 0 N–H and O–H groups in total. The van der Waals surface area contributed by atoms with Crippen LogP contribution in [0.2, 0.25) is 5.28 Å². The first kappa shape index (κ1) is 14.3. The fourth-order valence-corrected chi connectivity index (χ4v) is 3.88. The molecular formula is C16H16ClN3S. The molecule has 21 heavy (non-hydrogen) atoms. The Bertz CT molecular complexity index is 761. The quantitative estimate of drug-likeness (QED) is 0.689. The van der Waals surface area contributed by atoms with E-state index in [1.54, 1.807) is 11.3 Å². The summed E-state index contributed by atoms with van der Waals surface area (Å²) in [5.41, 5.74) is 2.30. The first-order valence-corrected chi connectivity index (χ1v) is 8.00. The van der Waals surface area contributed by atoms with Crippen molar-refractivity contribution in [3.05, 3.63) is 57.0 Å². The zero-order valence-corrected chi connectivity index (χ0v) is 13.7. The zero-order valence-electron chi connectivity index (χ0n) is 12.2. The number of rotatable bonds is 3. The maximum absolute atomic E-state index is 6.29. The van der Waals surface area contributed by atoms with Gasteiger partial charge >= 0.3 is 0 Å². The summed E-state index contributed by atoms with van der Waals surface area (Å²) in [5, 5.41) is 8.73. The number of benzene rings is 1. The van der Waals surface area contributed by atoms with Crippen molar-refractivity contribution >= 4 is 22.9 Å². The summed E-state index contributed by atoms with van der Waals surface area (Å²) in [4.78, 5) is 2.61. The average molecular weight is 318 g/mol. The van der Waals surface area contributed by atoms with Crippen LogP contribution in [0, 0.1) is 13.8 Å². The first-order chi connectivity index (χ1) is 10.1. The van der Waals surface area contributed by atoms with Crippen molar-refractivity contribution in [2.24, 2.45) is 0 Å². The molecule has 3 rings (SSSR count). The Balaban J connectivity index is 2.11. The fourth-order valence-electron chi connectivity index (χ4n) is 2.60. The van der Waals surface area contributed by atoms with Crippen LogP contribution in [0.15, 0.2) is 36.4 Å².